The van der Waals surface area contributed by atoms with E-state index in [1.54, 1.807) is 20.8 Å². The molecule has 8 nitrogen and oxygen atoms in total. The summed E-state index contributed by atoms with van der Waals surface area (Å²) in [5.74, 6) is -0.616. The molecule has 28 heavy (non-hydrogen) atoms. The average molecular weight is 401 g/mol. The van der Waals surface area contributed by atoms with Crippen LogP contribution < -0.4 is 22.1 Å². The number of hydrogen-bond acceptors (Lipinski definition) is 6. The molecule has 2 amide bonds. The topological polar surface area (TPSA) is 148 Å². The summed E-state index contributed by atoms with van der Waals surface area (Å²) in [6, 6.07) is -0.706. The summed E-state index contributed by atoms with van der Waals surface area (Å²) < 4.78 is 0. The molecule has 7 N–H and O–H groups in total. The minimum atomic E-state index is -0.706. The van der Waals surface area contributed by atoms with Crippen molar-refractivity contribution in [2.45, 2.75) is 65.3 Å². The molecular weight excluding hydrogens is 360 g/mol. The summed E-state index contributed by atoms with van der Waals surface area (Å²) in [5, 5.41) is 12.9. The van der Waals surface area contributed by atoms with Gasteiger partial charge in [-0.2, -0.15) is 0 Å². The third-order valence-corrected chi connectivity index (χ3v) is 4.94. The number of nitrogens with one attached hydrogen (secondary N) is 2. The van der Waals surface area contributed by atoms with Crippen LogP contribution in [-0.4, -0.2) is 55.0 Å². The predicted molar refractivity (Wildman–Crippen MR) is 110 cm³/mol. The van der Waals surface area contributed by atoms with E-state index in [4.69, 9.17) is 16.6 Å². The Labute approximate surface area is 169 Å². The van der Waals surface area contributed by atoms with Gasteiger partial charge < -0.3 is 27.2 Å². The number of rotatable bonds is 10. The first-order chi connectivity index (χ1) is 13.3. The SMILES string of the molecule is CC(C)C(=O)C(CN)NC(=O)CNC(=O)C(CCN)C1CCCCC1.CCO. The van der Waals surface area contributed by atoms with Crippen LogP contribution in [0.4, 0.5) is 0 Å². The fourth-order valence-electron chi connectivity index (χ4n) is 3.49. The van der Waals surface area contributed by atoms with Crippen molar-refractivity contribution in [2.24, 2.45) is 29.2 Å². The molecule has 0 radical (unpaired) electrons. The molecule has 1 saturated carbocycles. The van der Waals surface area contributed by atoms with E-state index in [9.17, 15) is 14.4 Å². The van der Waals surface area contributed by atoms with E-state index in [0.29, 0.717) is 18.9 Å². The van der Waals surface area contributed by atoms with Gasteiger partial charge in [0.05, 0.1) is 12.6 Å². The third-order valence-electron chi connectivity index (χ3n) is 4.94. The van der Waals surface area contributed by atoms with Crippen molar-refractivity contribution < 1.29 is 19.5 Å². The molecule has 0 aromatic carbocycles. The number of nitrogens with two attached hydrogens (primary N) is 2. The second-order valence-electron chi connectivity index (χ2n) is 7.53. The zero-order valence-corrected chi connectivity index (χ0v) is 17.7. The van der Waals surface area contributed by atoms with Gasteiger partial charge in [0.15, 0.2) is 5.78 Å². The lowest BCUT2D eigenvalue weighted by atomic mass is 9.78. The van der Waals surface area contributed by atoms with Crippen LogP contribution in [0.15, 0.2) is 0 Å². The van der Waals surface area contributed by atoms with Gasteiger partial charge in [-0.05, 0) is 38.6 Å². The van der Waals surface area contributed by atoms with Crippen LogP contribution in [0.1, 0.15) is 59.3 Å². The van der Waals surface area contributed by atoms with Crippen molar-refractivity contribution >= 4 is 17.6 Å². The molecule has 1 aliphatic carbocycles. The lowest BCUT2D eigenvalue weighted by molar-refractivity contribution is -0.131. The minimum absolute atomic E-state index is 0.0502. The number of Topliss-reactive ketones (excluding diaryl/α,β-unsaturated/α-hetero) is 1. The van der Waals surface area contributed by atoms with Gasteiger partial charge in [0.25, 0.3) is 0 Å². The van der Waals surface area contributed by atoms with Crippen LogP contribution in [0.2, 0.25) is 0 Å². The molecule has 1 aliphatic rings. The van der Waals surface area contributed by atoms with Crippen LogP contribution in [0.3, 0.4) is 0 Å². The van der Waals surface area contributed by atoms with Crippen molar-refractivity contribution in [1.29, 1.82) is 0 Å². The number of amides is 2. The van der Waals surface area contributed by atoms with Gasteiger partial charge in [-0.15, -0.1) is 0 Å². The van der Waals surface area contributed by atoms with E-state index in [1.165, 1.54) is 6.42 Å². The number of aliphatic hydroxyl groups excluding tert-OH is 1. The van der Waals surface area contributed by atoms with Crippen molar-refractivity contribution in [3.05, 3.63) is 0 Å². The van der Waals surface area contributed by atoms with Crippen molar-refractivity contribution in [2.75, 3.05) is 26.2 Å². The molecule has 164 valence electrons. The largest absolute Gasteiger partial charge is 0.397 e. The Morgan fingerprint density at radius 1 is 1.11 bits per heavy atom. The maximum absolute atomic E-state index is 12.5. The Morgan fingerprint density at radius 3 is 2.14 bits per heavy atom. The molecule has 0 heterocycles. The fourth-order valence-corrected chi connectivity index (χ4v) is 3.49. The van der Waals surface area contributed by atoms with Crippen LogP contribution in [-0.2, 0) is 14.4 Å². The Morgan fingerprint density at radius 2 is 1.68 bits per heavy atom. The smallest absolute Gasteiger partial charge is 0.240 e. The van der Waals surface area contributed by atoms with Crippen molar-refractivity contribution in [3.63, 3.8) is 0 Å². The maximum atomic E-state index is 12.5. The second kappa shape index (κ2) is 15.4. The third kappa shape index (κ3) is 10.1. The fraction of sp³-hybridized carbons (Fsp3) is 0.850. The highest BCUT2D eigenvalue weighted by molar-refractivity contribution is 5.92. The minimum Gasteiger partial charge on any atom is -0.397 e. The Bertz CT molecular complexity index is 465. The molecule has 0 bridgehead atoms. The molecular formula is C20H40N4O4. The van der Waals surface area contributed by atoms with Crippen LogP contribution in [0.5, 0.6) is 0 Å². The Balaban J connectivity index is 0.00000227. The Kier molecular flexibility index (Phi) is 14.6. The van der Waals surface area contributed by atoms with E-state index >= 15 is 0 Å². The van der Waals surface area contributed by atoms with Gasteiger partial charge in [0.1, 0.15) is 0 Å². The van der Waals surface area contributed by atoms with Gasteiger partial charge in [0.2, 0.25) is 11.8 Å². The molecule has 0 saturated heterocycles. The molecule has 0 aromatic heterocycles. The second-order valence-corrected chi connectivity index (χ2v) is 7.53. The van der Waals surface area contributed by atoms with Gasteiger partial charge in [0, 0.05) is 25.0 Å². The van der Waals surface area contributed by atoms with E-state index in [1.807, 2.05) is 0 Å². The highest BCUT2D eigenvalue weighted by atomic mass is 16.2. The molecule has 0 aromatic rings. The lowest BCUT2D eigenvalue weighted by Gasteiger charge is -2.29. The van der Waals surface area contributed by atoms with Gasteiger partial charge in [-0.1, -0.05) is 33.1 Å². The first-order valence-electron chi connectivity index (χ1n) is 10.4. The summed E-state index contributed by atoms with van der Waals surface area (Å²) in [6.07, 6.45) is 6.24. The standard InChI is InChI=1S/C18H34N4O3.C2H6O/c1-12(2)17(24)15(10-20)22-16(23)11-21-18(25)14(8-9-19)13-6-4-3-5-7-13;1-2-3/h12-15H,3-11,19-20H2,1-2H3,(H,21,25)(H,22,23);3H,2H2,1H3. The number of ketones is 1. The molecule has 8 heteroatoms. The summed E-state index contributed by atoms with van der Waals surface area (Å²) in [6.45, 7) is 5.82. The molecule has 1 fully saturated rings. The average Bonchev–Trinajstić information content (AvgIpc) is 2.69. The lowest BCUT2D eigenvalue weighted by Crippen LogP contribution is -2.51. The summed E-state index contributed by atoms with van der Waals surface area (Å²) in [7, 11) is 0. The van der Waals surface area contributed by atoms with Crippen LogP contribution in [0, 0.1) is 17.8 Å². The first-order valence-corrected chi connectivity index (χ1v) is 10.4. The highest BCUT2D eigenvalue weighted by Gasteiger charge is 2.29. The number of carbonyl (C=O) groups excluding carboxylic acids is 3. The zero-order chi connectivity index (χ0) is 21.5. The van der Waals surface area contributed by atoms with E-state index in [-0.39, 0.29) is 43.2 Å². The van der Waals surface area contributed by atoms with Gasteiger partial charge in [-0.3, -0.25) is 14.4 Å². The number of hydrogen-bond donors (Lipinski definition) is 5. The predicted octanol–water partition coefficient (Wildman–Crippen LogP) is 0.315. The monoisotopic (exact) mass is 400 g/mol. The van der Waals surface area contributed by atoms with E-state index in [2.05, 4.69) is 10.6 Å². The Hall–Kier alpha value is -1.51. The summed E-state index contributed by atoms with van der Waals surface area (Å²) >= 11 is 0. The van der Waals surface area contributed by atoms with E-state index < -0.39 is 11.9 Å². The van der Waals surface area contributed by atoms with Crippen LogP contribution >= 0.6 is 0 Å². The van der Waals surface area contributed by atoms with Crippen molar-refractivity contribution in [3.8, 4) is 0 Å². The van der Waals surface area contributed by atoms with Gasteiger partial charge in [-0.25, -0.2) is 0 Å². The zero-order valence-electron chi connectivity index (χ0n) is 17.7. The van der Waals surface area contributed by atoms with Crippen LogP contribution in [0.25, 0.3) is 0 Å². The molecule has 0 spiro atoms. The molecule has 1 rings (SSSR count). The maximum Gasteiger partial charge on any atom is 0.240 e. The molecule has 2 unspecified atom stereocenters. The molecule has 2 atom stereocenters. The van der Waals surface area contributed by atoms with Crippen molar-refractivity contribution in [1.82, 2.24) is 10.6 Å². The highest BCUT2D eigenvalue weighted by Crippen LogP contribution is 2.31. The summed E-state index contributed by atoms with van der Waals surface area (Å²) in [5.41, 5.74) is 11.2. The quantitative estimate of drug-likeness (QED) is 0.357. The summed E-state index contributed by atoms with van der Waals surface area (Å²) in [4.78, 5) is 36.5. The normalized spacial score (nSPS) is 16.5. The van der Waals surface area contributed by atoms with Gasteiger partial charge >= 0.3 is 0 Å². The van der Waals surface area contributed by atoms with E-state index in [0.717, 1.165) is 25.7 Å². The first kappa shape index (κ1) is 26.5. The number of carbonyl (C=O) groups is 3. The number of aliphatic hydroxyl groups is 1. The molecule has 0 aliphatic heterocycles.